The molecule has 1 aromatic carbocycles. The number of nitrogens with zero attached hydrogens (tertiary/aromatic N) is 1. The minimum atomic E-state index is -0.876. The number of nitrogens with one attached hydrogen (secondary N) is 2. The van der Waals surface area contributed by atoms with E-state index < -0.39 is 11.6 Å². The fraction of sp³-hybridized carbons (Fsp3) is 0.571. The summed E-state index contributed by atoms with van der Waals surface area (Å²) in [6.07, 6.45) is 2.24. The van der Waals surface area contributed by atoms with Crippen molar-refractivity contribution in [3.63, 3.8) is 0 Å². The second kappa shape index (κ2) is 6.66. The average molecular weight is 371 g/mol. The van der Waals surface area contributed by atoms with Gasteiger partial charge in [-0.1, -0.05) is 26.8 Å². The lowest BCUT2D eigenvalue weighted by atomic mass is 9.64. The lowest BCUT2D eigenvalue weighted by Crippen LogP contribution is -2.54. The number of amides is 4. The summed E-state index contributed by atoms with van der Waals surface area (Å²) in [6, 6.07) is 5.16. The van der Waals surface area contributed by atoms with Gasteiger partial charge in [0.25, 0.3) is 5.91 Å². The molecule has 146 valence electrons. The van der Waals surface area contributed by atoms with E-state index >= 15 is 0 Å². The van der Waals surface area contributed by atoms with Crippen molar-refractivity contribution in [1.29, 1.82) is 0 Å². The zero-order chi connectivity index (χ0) is 20.0. The SMILES string of the molecule is Cc1ccc(NC(=O)CN2C(=O)NC3(CC(C)CC(C)(C)C3)C2=O)cc1C. The Balaban J connectivity index is 1.72. The molecule has 2 aliphatic rings. The van der Waals surface area contributed by atoms with Crippen LogP contribution in [0.2, 0.25) is 0 Å². The van der Waals surface area contributed by atoms with Crippen LogP contribution >= 0.6 is 0 Å². The quantitative estimate of drug-likeness (QED) is 0.800. The van der Waals surface area contributed by atoms with Gasteiger partial charge in [-0.2, -0.15) is 0 Å². The van der Waals surface area contributed by atoms with Crippen molar-refractivity contribution < 1.29 is 14.4 Å². The van der Waals surface area contributed by atoms with Crippen LogP contribution < -0.4 is 10.6 Å². The van der Waals surface area contributed by atoms with Gasteiger partial charge >= 0.3 is 6.03 Å². The van der Waals surface area contributed by atoms with Crippen LogP contribution in [0.1, 0.15) is 51.2 Å². The minimum absolute atomic E-state index is 0.0295. The average Bonchev–Trinajstić information content (AvgIpc) is 2.72. The third-order valence-corrected chi connectivity index (χ3v) is 5.72. The first-order valence-corrected chi connectivity index (χ1v) is 9.53. The van der Waals surface area contributed by atoms with Gasteiger partial charge in [-0.25, -0.2) is 4.79 Å². The van der Waals surface area contributed by atoms with Crippen molar-refractivity contribution >= 4 is 23.5 Å². The first-order valence-electron chi connectivity index (χ1n) is 9.53. The molecule has 1 aliphatic carbocycles. The third-order valence-electron chi connectivity index (χ3n) is 5.72. The molecule has 6 heteroatoms. The number of aryl methyl sites for hydroxylation is 2. The molecular formula is C21H29N3O3. The van der Waals surface area contributed by atoms with E-state index in [1.165, 1.54) is 0 Å². The predicted octanol–water partition coefficient (Wildman–Crippen LogP) is 3.38. The number of carbonyl (C=O) groups excluding carboxylic acids is 3. The Labute approximate surface area is 160 Å². The Morgan fingerprint density at radius 1 is 1.22 bits per heavy atom. The van der Waals surface area contributed by atoms with Crippen LogP contribution in [-0.4, -0.2) is 34.8 Å². The Kier molecular flexibility index (Phi) is 4.78. The molecule has 1 saturated heterocycles. The first kappa shape index (κ1) is 19.4. The monoisotopic (exact) mass is 371 g/mol. The second-order valence-electron chi connectivity index (χ2n) is 9.11. The van der Waals surface area contributed by atoms with Gasteiger partial charge in [0.2, 0.25) is 5.91 Å². The molecule has 3 rings (SSSR count). The molecular weight excluding hydrogens is 342 g/mol. The zero-order valence-electron chi connectivity index (χ0n) is 16.8. The number of hydrogen-bond donors (Lipinski definition) is 2. The summed E-state index contributed by atoms with van der Waals surface area (Å²) in [4.78, 5) is 39.0. The summed E-state index contributed by atoms with van der Waals surface area (Å²) >= 11 is 0. The molecule has 1 heterocycles. The van der Waals surface area contributed by atoms with E-state index in [1.807, 2.05) is 32.0 Å². The van der Waals surface area contributed by atoms with Gasteiger partial charge in [-0.3, -0.25) is 14.5 Å². The van der Waals surface area contributed by atoms with Gasteiger partial charge in [-0.15, -0.1) is 0 Å². The molecule has 1 saturated carbocycles. The van der Waals surface area contributed by atoms with Gasteiger partial charge in [0.1, 0.15) is 12.1 Å². The van der Waals surface area contributed by atoms with Crippen LogP contribution in [-0.2, 0) is 9.59 Å². The Bertz CT molecular complexity index is 802. The van der Waals surface area contributed by atoms with Gasteiger partial charge < -0.3 is 10.6 Å². The Morgan fingerprint density at radius 2 is 1.93 bits per heavy atom. The number of imide groups is 1. The molecule has 2 atom stereocenters. The topological polar surface area (TPSA) is 78.5 Å². The van der Waals surface area contributed by atoms with E-state index in [-0.39, 0.29) is 23.8 Å². The van der Waals surface area contributed by atoms with Crippen LogP contribution in [0.5, 0.6) is 0 Å². The van der Waals surface area contributed by atoms with Crippen molar-refractivity contribution in [2.75, 3.05) is 11.9 Å². The van der Waals surface area contributed by atoms with Crippen molar-refractivity contribution in [3.05, 3.63) is 29.3 Å². The summed E-state index contributed by atoms with van der Waals surface area (Å²) in [5.41, 5.74) is 1.97. The Hall–Kier alpha value is -2.37. The fourth-order valence-corrected chi connectivity index (χ4v) is 4.81. The highest BCUT2D eigenvalue weighted by Crippen LogP contribution is 2.46. The standard InChI is InChI=1S/C21H29N3O3/c1-13-9-20(4,5)12-21(10-13)18(26)24(19(27)23-21)11-17(25)22-16-7-6-14(2)15(3)8-16/h6-8,13H,9-12H2,1-5H3,(H,22,25)(H,23,27). The van der Waals surface area contributed by atoms with Gasteiger partial charge in [0.15, 0.2) is 0 Å². The molecule has 2 unspecified atom stereocenters. The maximum Gasteiger partial charge on any atom is 0.325 e. The number of benzene rings is 1. The molecule has 27 heavy (non-hydrogen) atoms. The van der Waals surface area contributed by atoms with Crippen molar-refractivity contribution in [1.82, 2.24) is 10.2 Å². The first-order chi connectivity index (χ1) is 12.5. The summed E-state index contributed by atoms with van der Waals surface area (Å²) in [5, 5.41) is 5.68. The molecule has 2 N–H and O–H groups in total. The number of urea groups is 1. The summed E-state index contributed by atoms with van der Waals surface area (Å²) in [5.74, 6) is -0.313. The highest BCUT2D eigenvalue weighted by Gasteiger charge is 2.56. The molecule has 0 radical (unpaired) electrons. The zero-order valence-corrected chi connectivity index (χ0v) is 16.8. The molecule has 4 amide bonds. The van der Waals surface area contributed by atoms with Crippen molar-refractivity contribution in [3.8, 4) is 0 Å². The lowest BCUT2D eigenvalue weighted by Gasteiger charge is -2.43. The van der Waals surface area contributed by atoms with E-state index in [4.69, 9.17) is 0 Å². The lowest BCUT2D eigenvalue weighted by molar-refractivity contribution is -0.136. The van der Waals surface area contributed by atoms with Crippen LogP contribution in [0.25, 0.3) is 0 Å². The smallest absolute Gasteiger partial charge is 0.325 e. The van der Waals surface area contributed by atoms with E-state index in [2.05, 4.69) is 31.4 Å². The van der Waals surface area contributed by atoms with Crippen LogP contribution in [0.15, 0.2) is 18.2 Å². The minimum Gasteiger partial charge on any atom is -0.325 e. The number of carbonyl (C=O) groups is 3. The van der Waals surface area contributed by atoms with Crippen LogP contribution in [0.3, 0.4) is 0 Å². The van der Waals surface area contributed by atoms with E-state index in [0.717, 1.165) is 22.4 Å². The largest absolute Gasteiger partial charge is 0.325 e. The second-order valence-corrected chi connectivity index (χ2v) is 9.11. The summed E-state index contributed by atoms with van der Waals surface area (Å²) in [6.45, 7) is 10.1. The number of anilines is 1. The van der Waals surface area contributed by atoms with Crippen molar-refractivity contribution in [2.24, 2.45) is 11.3 Å². The maximum absolute atomic E-state index is 13.1. The van der Waals surface area contributed by atoms with E-state index in [0.29, 0.717) is 24.4 Å². The number of rotatable bonds is 3. The van der Waals surface area contributed by atoms with Gasteiger partial charge in [0, 0.05) is 5.69 Å². The summed E-state index contributed by atoms with van der Waals surface area (Å²) < 4.78 is 0. The molecule has 1 aliphatic heterocycles. The van der Waals surface area contributed by atoms with Gasteiger partial charge in [0.05, 0.1) is 0 Å². The fourth-order valence-electron chi connectivity index (χ4n) is 4.81. The van der Waals surface area contributed by atoms with Crippen LogP contribution in [0.4, 0.5) is 10.5 Å². The van der Waals surface area contributed by atoms with Crippen molar-refractivity contribution in [2.45, 2.75) is 59.4 Å². The third kappa shape index (κ3) is 3.84. The molecule has 1 aromatic rings. The highest BCUT2D eigenvalue weighted by atomic mass is 16.2. The highest BCUT2D eigenvalue weighted by molar-refractivity contribution is 6.10. The van der Waals surface area contributed by atoms with Gasteiger partial charge in [-0.05, 0) is 67.7 Å². The van der Waals surface area contributed by atoms with Crippen LogP contribution in [0, 0.1) is 25.2 Å². The molecule has 1 spiro atoms. The van der Waals surface area contributed by atoms with E-state index in [1.54, 1.807) is 0 Å². The molecule has 0 bridgehead atoms. The normalized spacial score (nSPS) is 27.0. The molecule has 6 nitrogen and oxygen atoms in total. The summed E-state index contributed by atoms with van der Waals surface area (Å²) in [7, 11) is 0. The Morgan fingerprint density at radius 3 is 2.56 bits per heavy atom. The molecule has 2 fully saturated rings. The maximum atomic E-state index is 13.1. The van der Waals surface area contributed by atoms with E-state index in [9.17, 15) is 14.4 Å². The predicted molar refractivity (Wildman–Crippen MR) is 104 cm³/mol. The molecule has 0 aromatic heterocycles. The number of hydrogen-bond acceptors (Lipinski definition) is 3.